The molecule has 33 heavy (non-hydrogen) atoms. The Labute approximate surface area is 199 Å². The van der Waals surface area contributed by atoms with Gasteiger partial charge in [-0.2, -0.15) is 5.26 Å². The van der Waals surface area contributed by atoms with Crippen LogP contribution in [0.4, 0.5) is 11.4 Å². The third-order valence-corrected chi connectivity index (χ3v) is 6.45. The highest BCUT2D eigenvalue weighted by Crippen LogP contribution is 2.33. The van der Waals surface area contributed by atoms with Gasteiger partial charge in [-0.1, -0.05) is 48.0 Å². The van der Waals surface area contributed by atoms with Crippen molar-refractivity contribution in [3.63, 3.8) is 0 Å². The van der Waals surface area contributed by atoms with Gasteiger partial charge in [-0.05, 0) is 54.4 Å². The molecule has 1 fully saturated rings. The van der Waals surface area contributed by atoms with Crippen molar-refractivity contribution in [2.75, 3.05) is 31.1 Å². The molecule has 1 aliphatic rings. The lowest BCUT2D eigenvalue weighted by Gasteiger charge is -2.45. The van der Waals surface area contributed by atoms with E-state index in [1.165, 1.54) is 0 Å². The summed E-state index contributed by atoms with van der Waals surface area (Å²) < 4.78 is 0. The quantitative estimate of drug-likeness (QED) is 0.512. The second-order valence-corrected chi connectivity index (χ2v) is 9.02. The standard InChI is InChI=1S/C27H25ClN4O/c1-27(33,22-7-11-24(30-2)12-8-22)19-31-15-16-32(25-13-3-20(17-29)4-14-25)26(18-31)21-5-9-23(28)10-6-21/h3-14,26,33H,15-16,18-19H2,1H3/t26-,27+/m0/s1. The minimum Gasteiger partial charge on any atom is -0.384 e. The van der Waals surface area contributed by atoms with Crippen molar-refractivity contribution in [2.24, 2.45) is 0 Å². The van der Waals surface area contributed by atoms with E-state index in [0.717, 1.165) is 36.4 Å². The Kier molecular flexibility index (Phi) is 6.67. The van der Waals surface area contributed by atoms with Crippen molar-refractivity contribution < 1.29 is 5.11 Å². The number of halogens is 1. The molecule has 4 rings (SSSR count). The van der Waals surface area contributed by atoms with Gasteiger partial charge in [-0.3, -0.25) is 4.90 Å². The molecule has 6 heteroatoms. The molecule has 3 aromatic carbocycles. The van der Waals surface area contributed by atoms with Crippen molar-refractivity contribution in [1.29, 1.82) is 5.26 Å². The molecule has 5 nitrogen and oxygen atoms in total. The number of piperazine rings is 1. The summed E-state index contributed by atoms with van der Waals surface area (Å²) in [5, 5.41) is 21.1. The van der Waals surface area contributed by atoms with E-state index in [1.807, 2.05) is 67.6 Å². The Morgan fingerprint density at radius 3 is 2.33 bits per heavy atom. The van der Waals surface area contributed by atoms with Gasteiger partial charge in [-0.25, -0.2) is 4.85 Å². The van der Waals surface area contributed by atoms with E-state index >= 15 is 0 Å². The molecule has 0 aliphatic carbocycles. The summed E-state index contributed by atoms with van der Waals surface area (Å²) in [5.41, 5.74) is 3.17. The van der Waals surface area contributed by atoms with Gasteiger partial charge in [0.05, 0.1) is 29.8 Å². The predicted octanol–water partition coefficient (Wildman–Crippen LogP) is 5.53. The second-order valence-electron chi connectivity index (χ2n) is 8.59. The fraction of sp³-hybridized carbons (Fsp3) is 0.259. The summed E-state index contributed by atoms with van der Waals surface area (Å²) in [6.45, 7) is 11.7. The first-order valence-corrected chi connectivity index (χ1v) is 11.2. The number of β-amino-alcohol motifs (C(OH)–C–C–N with tert-alkyl or cyclic N) is 1. The molecule has 0 radical (unpaired) electrons. The van der Waals surface area contributed by atoms with Crippen LogP contribution in [0.1, 0.15) is 29.7 Å². The fourth-order valence-corrected chi connectivity index (χ4v) is 4.54. The van der Waals surface area contributed by atoms with Gasteiger partial charge in [0.1, 0.15) is 0 Å². The molecule has 166 valence electrons. The Balaban J connectivity index is 1.58. The van der Waals surface area contributed by atoms with Gasteiger partial charge in [-0.15, -0.1) is 0 Å². The molecular weight excluding hydrogens is 432 g/mol. The van der Waals surface area contributed by atoms with Crippen LogP contribution in [0.3, 0.4) is 0 Å². The molecule has 0 aromatic heterocycles. The van der Waals surface area contributed by atoms with Crippen LogP contribution in [0.5, 0.6) is 0 Å². The minimum absolute atomic E-state index is 0.0734. The van der Waals surface area contributed by atoms with E-state index < -0.39 is 5.60 Å². The average Bonchev–Trinajstić information content (AvgIpc) is 2.84. The van der Waals surface area contributed by atoms with Gasteiger partial charge in [0, 0.05) is 36.9 Å². The molecule has 0 unspecified atom stereocenters. The lowest BCUT2D eigenvalue weighted by atomic mass is 9.93. The lowest BCUT2D eigenvalue weighted by molar-refractivity contribution is 0.0103. The largest absolute Gasteiger partial charge is 0.384 e. The number of hydrogen-bond acceptors (Lipinski definition) is 4. The van der Waals surface area contributed by atoms with Crippen LogP contribution in [0.2, 0.25) is 5.02 Å². The zero-order valence-corrected chi connectivity index (χ0v) is 19.2. The SMILES string of the molecule is [C-]#[N+]c1ccc([C@](C)(O)CN2CCN(c3ccc(C#N)cc3)[C@H](c3ccc(Cl)cc3)C2)cc1. The molecule has 0 spiro atoms. The van der Waals surface area contributed by atoms with E-state index in [-0.39, 0.29) is 6.04 Å². The summed E-state index contributed by atoms with van der Waals surface area (Å²) >= 11 is 6.14. The van der Waals surface area contributed by atoms with E-state index in [1.54, 1.807) is 12.1 Å². The first kappa shape index (κ1) is 22.8. The topological polar surface area (TPSA) is 54.9 Å². The van der Waals surface area contributed by atoms with Crippen LogP contribution < -0.4 is 4.90 Å². The van der Waals surface area contributed by atoms with Gasteiger partial charge in [0.2, 0.25) is 0 Å². The summed E-state index contributed by atoms with van der Waals surface area (Å²) in [7, 11) is 0. The maximum atomic E-state index is 11.3. The average molecular weight is 457 g/mol. The van der Waals surface area contributed by atoms with Gasteiger partial charge in [0.25, 0.3) is 0 Å². The highest BCUT2D eigenvalue weighted by Gasteiger charge is 2.33. The number of nitriles is 1. The lowest BCUT2D eigenvalue weighted by Crippen LogP contribution is -2.52. The first-order chi connectivity index (χ1) is 15.9. The Morgan fingerprint density at radius 2 is 1.73 bits per heavy atom. The number of benzene rings is 3. The zero-order chi connectivity index (χ0) is 23.4. The second kappa shape index (κ2) is 9.65. The van der Waals surface area contributed by atoms with Crippen LogP contribution in [0, 0.1) is 17.9 Å². The van der Waals surface area contributed by atoms with Crippen molar-refractivity contribution in [3.8, 4) is 6.07 Å². The summed E-state index contributed by atoms with van der Waals surface area (Å²) in [6, 6.07) is 25.0. The fourth-order valence-electron chi connectivity index (χ4n) is 4.41. The van der Waals surface area contributed by atoms with Gasteiger partial charge in [0.15, 0.2) is 5.69 Å². The molecule has 1 heterocycles. The van der Waals surface area contributed by atoms with Crippen LogP contribution in [0.15, 0.2) is 72.8 Å². The number of nitrogens with zero attached hydrogens (tertiary/aromatic N) is 4. The van der Waals surface area contributed by atoms with E-state index in [4.69, 9.17) is 23.4 Å². The summed E-state index contributed by atoms with van der Waals surface area (Å²) in [5.74, 6) is 0. The van der Waals surface area contributed by atoms with Crippen molar-refractivity contribution >= 4 is 23.0 Å². The smallest absolute Gasteiger partial charge is 0.187 e. The van der Waals surface area contributed by atoms with Crippen LogP contribution in [0.25, 0.3) is 4.85 Å². The molecule has 1 saturated heterocycles. The summed E-state index contributed by atoms with van der Waals surface area (Å²) in [6.07, 6.45) is 0. The predicted molar refractivity (Wildman–Crippen MR) is 131 cm³/mol. The Bertz CT molecular complexity index is 1180. The molecule has 0 amide bonds. The third kappa shape index (κ3) is 5.18. The monoisotopic (exact) mass is 456 g/mol. The maximum Gasteiger partial charge on any atom is 0.187 e. The highest BCUT2D eigenvalue weighted by molar-refractivity contribution is 6.30. The number of aliphatic hydroxyl groups is 1. The van der Waals surface area contributed by atoms with Gasteiger partial charge < -0.3 is 10.0 Å². The highest BCUT2D eigenvalue weighted by atomic mass is 35.5. The molecular formula is C27H25ClN4O. The molecule has 0 bridgehead atoms. The molecule has 1 aliphatic heterocycles. The number of hydrogen-bond donors (Lipinski definition) is 1. The van der Waals surface area contributed by atoms with Crippen LogP contribution >= 0.6 is 11.6 Å². The number of rotatable bonds is 5. The van der Waals surface area contributed by atoms with Crippen molar-refractivity contribution in [2.45, 2.75) is 18.6 Å². The van der Waals surface area contributed by atoms with Crippen molar-refractivity contribution in [3.05, 3.63) is 106 Å². The summed E-state index contributed by atoms with van der Waals surface area (Å²) in [4.78, 5) is 8.06. The third-order valence-electron chi connectivity index (χ3n) is 6.20. The maximum absolute atomic E-state index is 11.3. The normalized spacial score (nSPS) is 18.2. The first-order valence-electron chi connectivity index (χ1n) is 10.8. The Hall–Kier alpha value is -3.35. The van der Waals surface area contributed by atoms with E-state index in [9.17, 15) is 5.11 Å². The van der Waals surface area contributed by atoms with Gasteiger partial charge >= 0.3 is 0 Å². The molecule has 0 saturated carbocycles. The number of anilines is 1. The van der Waals surface area contributed by atoms with Crippen LogP contribution in [-0.4, -0.2) is 36.2 Å². The van der Waals surface area contributed by atoms with E-state index in [2.05, 4.69) is 20.7 Å². The van der Waals surface area contributed by atoms with E-state index in [0.29, 0.717) is 22.8 Å². The molecule has 2 atom stereocenters. The minimum atomic E-state index is -1.04. The Morgan fingerprint density at radius 1 is 1.06 bits per heavy atom. The van der Waals surface area contributed by atoms with Crippen molar-refractivity contribution in [1.82, 2.24) is 4.90 Å². The molecule has 1 N–H and O–H groups in total. The van der Waals surface area contributed by atoms with Crippen LogP contribution in [-0.2, 0) is 5.60 Å². The molecule has 3 aromatic rings. The zero-order valence-electron chi connectivity index (χ0n) is 18.4.